The van der Waals surface area contributed by atoms with Crippen LogP contribution < -0.4 is 4.74 Å². The van der Waals surface area contributed by atoms with Crippen LogP contribution in [0.1, 0.15) is 24.3 Å². The van der Waals surface area contributed by atoms with Crippen LogP contribution in [0.4, 0.5) is 4.79 Å². The molecule has 0 spiro atoms. The fourth-order valence-electron chi connectivity index (χ4n) is 3.69. The fraction of sp³-hybridized carbons (Fsp3) is 0.208. The molecule has 27 heavy (non-hydrogen) atoms. The largest absolute Gasteiger partial charge is 0.415 e. The van der Waals surface area contributed by atoms with Crippen LogP contribution in [0.15, 0.2) is 84.9 Å². The average molecular weight is 357 g/mol. The van der Waals surface area contributed by atoms with Crippen LogP contribution in [0.25, 0.3) is 11.1 Å². The van der Waals surface area contributed by atoms with E-state index in [2.05, 4.69) is 24.3 Å². The van der Waals surface area contributed by atoms with E-state index in [-0.39, 0.29) is 6.09 Å². The summed E-state index contributed by atoms with van der Waals surface area (Å²) in [6.45, 7) is 1.46. The average Bonchev–Trinajstić information content (AvgIpc) is 2.75. The number of benzene rings is 3. The van der Waals surface area contributed by atoms with Crippen molar-refractivity contribution in [2.75, 3.05) is 13.1 Å². The second kappa shape index (κ2) is 8.09. The smallest absolute Gasteiger partial charge is 0.410 e. The molecule has 0 aliphatic carbocycles. The first kappa shape index (κ1) is 17.3. The van der Waals surface area contributed by atoms with Crippen molar-refractivity contribution in [1.29, 1.82) is 0 Å². The van der Waals surface area contributed by atoms with Gasteiger partial charge in [0, 0.05) is 18.7 Å². The number of amides is 1. The molecule has 136 valence electrons. The molecular weight excluding hydrogens is 334 g/mol. The van der Waals surface area contributed by atoms with Crippen molar-refractivity contribution >= 4 is 6.09 Å². The first-order valence-corrected chi connectivity index (χ1v) is 9.47. The van der Waals surface area contributed by atoms with Gasteiger partial charge in [-0.05, 0) is 36.0 Å². The van der Waals surface area contributed by atoms with Crippen molar-refractivity contribution in [3.63, 3.8) is 0 Å². The second-order valence-electron chi connectivity index (χ2n) is 6.90. The van der Waals surface area contributed by atoms with Gasteiger partial charge in [-0.1, -0.05) is 78.9 Å². The Balaban J connectivity index is 1.42. The molecule has 3 nitrogen and oxygen atoms in total. The topological polar surface area (TPSA) is 29.5 Å². The normalized spacial score (nSPS) is 14.7. The maximum absolute atomic E-state index is 12.7. The number of para-hydroxylation sites is 1. The number of likely N-dealkylation sites (tertiary alicyclic amines) is 1. The summed E-state index contributed by atoms with van der Waals surface area (Å²) >= 11 is 0. The molecule has 3 aromatic rings. The third-order valence-corrected chi connectivity index (χ3v) is 5.19. The van der Waals surface area contributed by atoms with Crippen molar-refractivity contribution in [3.8, 4) is 16.9 Å². The van der Waals surface area contributed by atoms with Crippen LogP contribution in [0, 0.1) is 0 Å². The maximum Gasteiger partial charge on any atom is 0.415 e. The highest BCUT2D eigenvalue weighted by molar-refractivity contribution is 5.77. The van der Waals surface area contributed by atoms with E-state index in [4.69, 9.17) is 4.74 Å². The molecule has 0 bridgehead atoms. The van der Waals surface area contributed by atoms with Gasteiger partial charge < -0.3 is 9.64 Å². The Labute approximate surface area is 160 Å². The van der Waals surface area contributed by atoms with Crippen molar-refractivity contribution in [3.05, 3.63) is 90.5 Å². The lowest BCUT2D eigenvalue weighted by Crippen LogP contribution is -2.39. The van der Waals surface area contributed by atoms with Gasteiger partial charge >= 0.3 is 6.09 Å². The number of piperidine rings is 1. The van der Waals surface area contributed by atoms with E-state index in [9.17, 15) is 4.79 Å². The highest BCUT2D eigenvalue weighted by atomic mass is 16.6. The minimum Gasteiger partial charge on any atom is -0.410 e. The second-order valence-corrected chi connectivity index (χ2v) is 6.90. The molecule has 0 saturated carbocycles. The molecule has 0 aromatic heterocycles. The highest BCUT2D eigenvalue weighted by Gasteiger charge is 2.25. The molecule has 3 aromatic carbocycles. The summed E-state index contributed by atoms with van der Waals surface area (Å²) < 4.78 is 5.77. The van der Waals surface area contributed by atoms with E-state index in [1.165, 1.54) is 5.56 Å². The van der Waals surface area contributed by atoms with Gasteiger partial charge in [0.2, 0.25) is 0 Å². The Hall–Kier alpha value is -3.07. The zero-order valence-electron chi connectivity index (χ0n) is 15.3. The van der Waals surface area contributed by atoms with E-state index in [1.54, 1.807) is 0 Å². The number of hydrogen-bond acceptors (Lipinski definition) is 2. The number of ether oxygens (including phenoxy) is 1. The standard InChI is InChI=1S/C24H23NO2/c26-24(25-17-15-20(16-18-25)19-9-3-1-4-10-19)27-23-14-8-7-13-22(23)21-11-5-2-6-12-21/h1-14,20H,15-18H2. The quantitative estimate of drug-likeness (QED) is 0.599. The van der Waals surface area contributed by atoms with E-state index >= 15 is 0 Å². The van der Waals surface area contributed by atoms with Gasteiger partial charge in [-0.2, -0.15) is 0 Å². The van der Waals surface area contributed by atoms with E-state index in [0.717, 1.165) is 37.1 Å². The lowest BCUT2D eigenvalue weighted by atomic mass is 9.90. The molecule has 0 radical (unpaired) electrons. The van der Waals surface area contributed by atoms with Gasteiger partial charge in [-0.15, -0.1) is 0 Å². The van der Waals surface area contributed by atoms with Gasteiger partial charge in [0.05, 0.1) is 0 Å². The number of rotatable bonds is 3. The zero-order valence-corrected chi connectivity index (χ0v) is 15.3. The Kier molecular flexibility index (Phi) is 5.20. The van der Waals surface area contributed by atoms with Gasteiger partial charge in [0.1, 0.15) is 5.75 Å². The van der Waals surface area contributed by atoms with Crippen LogP contribution in [0.3, 0.4) is 0 Å². The van der Waals surface area contributed by atoms with Gasteiger partial charge in [0.25, 0.3) is 0 Å². The number of carbonyl (C=O) groups excluding carboxylic acids is 1. The van der Waals surface area contributed by atoms with Crippen LogP contribution in [-0.2, 0) is 0 Å². The van der Waals surface area contributed by atoms with Crippen LogP contribution >= 0.6 is 0 Å². The first-order valence-electron chi connectivity index (χ1n) is 9.47. The highest BCUT2D eigenvalue weighted by Crippen LogP contribution is 2.31. The summed E-state index contributed by atoms with van der Waals surface area (Å²) in [5.74, 6) is 1.13. The Morgan fingerprint density at radius 3 is 2.07 bits per heavy atom. The van der Waals surface area contributed by atoms with Crippen LogP contribution in [0.5, 0.6) is 5.75 Å². The zero-order chi connectivity index (χ0) is 18.5. The minimum absolute atomic E-state index is 0.259. The summed E-state index contributed by atoms with van der Waals surface area (Å²) in [5.41, 5.74) is 3.34. The molecule has 1 fully saturated rings. The predicted molar refractivity (Wildman–Crippen MR) is 108 cm³/mol. The molecule has 1 aliphatic rings. The van der Waals surface area contributed by atoms with Crippen LogP contribution in [-0.4, -0.2) is 24.1 Å². The Morgan fingerprint density at radius 1 is 0.778 bits per heavy atom. The van der Waals surface area contributed by atoms with Crippen molar-refractivity contribution in [2.24, 2.45) is 0 Å². The van der Waals surface area contributed by atoms with E-state index in [1.807, 2.05) is 65.6 Å². The van der Waals surface area contributed by atoms with E-state index < -0.39 is 0 Å². The molecule has 1 aliphatic heterocycles. The molecule has 4 rings (SSSR count). The monoisotopic (exact) mass is 357 g/mol. The molecule has 0 atom stereocenters. The minimum atomic E-state index is -0.259. The van der Waals surface area contributed by atoms with Gasteiger partial charge in [0.15, 0.2) is 0 Å². The SMILES string of the molecule is O=C(Oc1ccccc1-c1ccccc1)N1CCC(c2ccccc2)CC1. The third kappa shape index (κ3) is 4.03. The van der Waals surface area contributed by atoms with Gasteiger partial charge in [-0.25, -0.2) is 4.79 Å². The summed E-state index contributed by atoms with van der Waals surface area (Å²) in [7, 11) is 0. The third-order valence-electron chi connectivity index (χ3n) is 5.19. The Bertz CT molecular complexity index is 885. The summed E-state index contributed by atoms with van der Waals surface area (Å²) in [4.78, 5) is 14.5. The molecule has 0 N–H and O–H groups in total. The van der Waals surface area contributed by atoms with E-state index in [0.29, 0.717) is 11.7 Å². The molecule has 0 unspecified atom stereocenters. The molecule has 1 amide bonds. The van der Waals surface area contributed by atoms with Crippen molar-refractivity contribution in [2.45, 2.75) is 18.8 Å². The molecule has 1 heterocycles. The first-order chi connectivity index (χ1) is 13.3. The predicted octanol–water partition coefficient (Wildman–Crippen LogP) is 5.73. The lowest BCUT2D eigenvalue weighted by Gasteiger charge is -2.31. The number of carbonyl (C=O) groups is 1. The fourth-order valence-corrected chi connectivity index (χ4v) is 3.69. The van der Waals surface area contributed by atoms with Crippen LogP contribution in [0.2, 0.25) is 0 Å². The number of nitrogens with zero attached hydrogens (tertiary/aromatic N) is 1. The van der Waals surface area contributed by atoms with Crippen molar-refractivity contribution in [1.82, 2.24) is 4.90 Å². The maximum atomic E-state index is 12.7. The van der Waals surface area contributed by atoms with Gasteiger partial charge in [-0.3, -0.25) is 0 Å². The molecule has 1 saturated heterocycles. The summed E-state index contributed by atoms with van der Waals surface area (Å²) in [6.07, 6.45) is 1.68. The molecule has 3 heteroatoms. The summed E-state index contributed by atoms with van der Waals surface area (Å²) in [6, 6.07) is 28.3. The Morgan fingerprint density at radius 2 is 1.37 bits per heavy atom. The summed E-state index contributed by atoms with van der Waals surface area (Å²) in [5, 5.41) is 0. The lowest BCUT2D eigenvalue weighted by molar-refractivity contribution is 0.139. The molecular formula is C24H23NO2. The number of hydrogen-bond donors (Lipinski definition) is 0. The van der Waals surface area contributed by atoms with Crippen molar-refractivity contribution < 1.29 is 9.53 Å².